The zero-order chi connectivity index (χ0) is 24.6. The molecule has 0 aliphatic carbocycles. The first kappa shape index (κ1) is 24.0. The average Bonchev–Trinajstić information content (AvgIpc) is 3.17. The molecule has 34 heavy (non-hydrogen) atoms. The molecule has 176 valence electrons. The van der Waals surface area contributed by atoms with Gasteiger partial charge in [-0.1, -0.05) is 58.7 Å². The molecular formula is C23H20Cl2N4O4S. The predicted octanol–water partition coefficient (Wildman–Crippen LogP) is 4.80. The first-order valence-corrected chi connectivity index (χ1v) is 12.3. The van der Waals surface area contributed by atoms with E-state index in [0.29, 0.717) is 10.9 Å². The number of sulfonamides is 1. The summed E-state index contributed by atoms with van der Waals surface area (Å²) in [7, 11) is -0.379. The van der Waals surface area contributed by atoms with Gasteiger partial charge in [-0.15, -0.1) is 4.83 Å². The van der Waals surface area contributed by atoms with Crippen molar-refractivity contribution in [2.75, 3.05) is 19.0 Å². The van der Waals surface area contributed by atoms with Crippen LogP contribution >= 0.6 is 23.2 Å². The number of hydrazine groups is 1. The summed E-state index contributed by atoms with van der Waals surface area (Å²) in [6.45, 7) is 1.53. The Bertz CT molecular complexity index is 1500. The summed E-state index contributed by atoms with van der Waals surface area (Å²) in [5.74, 6) is -0.606. The lowest BCUT2D eigenvalue weighted by molar-refractivity contribution is 0.0944. The molecule has 0 atom stereocenters. The Labute approximate surface area is 206 Å². The molecule has 0 fully saturated rings. The standard InChI is InChI=1S/C23H20Cl2N4O4S/c1-13-20(22(27-33-13)21-16(24)9-6-10-17(21)25)23(30)26-28-34(31,32)19-12-5-7-14-15(19)8-4-11-18(14)29(2)3/h4-12,28H,1-3H3,(H,26,30). The molecule has 0 bridgehead atoms. The number of hydrogen-bond donors (Lipinski definition) is 2. The Kier molecular flexibility index (Phi) is 6.55. The van der Waals surface area contributed by atoms with Gasteiger partial charge in [-0.2, -0.15) is 0 Å². The van der Waals surface area contributed by atoms with Crippen molar-refractivity contribution < 1.29 is 17.7 Å². The summed E-state index contributed by atoms with van der Waals surface area (Å²) in [5.41, 5.74) is 3.52. The van der Waals surface area contributed by atoms with E-state index in [1.165, 1.54) is 13.0 Å². The maximum atomic E-state index is 13.1. The van der Waals surface area contributed by atoms with Gasteiger partial charge in [-0.05, 0) is 31.2 Å². The van der Waals surface area contributed by atoms with Crippen molar-refractivity contribution in [1.82, 2.24) is 15.4 Å². The van der Waals surface area contributed by atoms with Crippen LogP contribution in [-0.4, -0.2) is 33.6 Å². The van der Waals surface area contributed by atoms with Gasteiger partial charge in [-0.3, -0.25) is 10.2 Å². The number of benzene rings is 3. The zero-order valence-electron chi connectivity index (χ0n) is 18.4. The highest BCUT2D eigenvalue weighted by Crippen LogP contribution is 2.36. The van der Waals surface area contributed by atoms with Crippen LogP contribution in [0.1, 0.15) is 16.1 Å². The van der Waals surface area contributed by atoms with Gasteiger partial charge in [0, 0.05) is 36.1 Å². The van der Waals surface area contributed by atoms with Crippen molar-refractivity contribution in [3.63, 3.8) is 0 Å². The molecule has 0 aliphatic heterocycles. The highest BCUT2D eigenvalue weighted by atomic mass is 35.5. The van der Waals surface area contributed by atoms with Gasteiger partial charge in [0.15, 0.2) is 0 Å². The first-order valence-electron chi connectivity index (χ1n) is 10.0. The molecule has 0 aliphatic rings. The van der Waals surface area contributed by atoms with Crippen LogP contribution in [0.15, 0.2) is 64.0 Å². The predicted molar refractivity (Wildman–Crippen MR) is 133 cm³/mol. The SMILES string of the molecule is Cc1onc(-c2c(Cl)cccc2Cl)c1C(=O)NNS(=O)(=O)c1cccc2c(N(C)C)cccc12. The second kappa shape index (κ2) is 9.27. The molecule has 0 spiro atoms. The second-order valence-corrected chi connectivity index (χ2v) is 10.1. The largest absolute Gasteiger partial charge is 0.377 e. The zero-order valence-corrected chi connectivity index (χ0v) is 20.7. The Morgan fingerprint density at radius 1 is 0.971 bits per heavy atom. The van der Waals surface area contributed by atoms with Crippen molar-refractivity contribution in [3.05, 3.63) is 76.0 Å². The van der Waals surface area contributed by atoms with Crippen molar-refractivity contribution in [3.8, 4) is 11.3 Å². The lowest BCUT2D eigenvalue weighted by atomic mass is 10.1. The molecule has 0 unspecified atom stereocenters. The van der Waals surface area contributed by atoms with Crippen molar-refractivity contribution in [1.29, 1.82) is 0 Å². The van der Waals surface area contributed by atoms with Crippen LogP contribution in [0.4, 0.5) is 5.69 Å². The number of carbonyl (C=O) groups excluding carboxylic acids is 1. The molecule has 4 rings (SSSR count). The summed E-state index contributed by atoms with van der Waals surface area (Å²) in [4.78, 5) is 17.1. The van der Waals surface area contributed by atoms with Crippen LogP contribution in [0.3, 0.4) is 0 Å². The minimum Gasteiger partial charge on any atom is -0.377 e. The molecule has 3 aromatic carbocycles. The lowest BCUT2D eigenvalue weighted by Crippen LogP contribution is -2.41. The van der Waals surface area contributed by atoms with Crippen LogP contribution in [0.25, 0.3) is 22.0 Å². The van der Waals surface area contributed by atoms with Crippen molar-refractivity contribution in [2.24, 2.45) is 0 Å². The van der Waals surface area contributed by atoms with Crippen molar-refractivity contribution in [2.45, 2.75) is 11.8 Å². The van der Waals surface area contributed by atoms with E-state index in [-0.39, 0.29) is 32.0 Å². The van der Waals surface area contributed by atoms with Gasteiger partial charge in [0.2, 0.25) is 0 Å². The third-order valence-corrected chi connectivity index (χ3v) is 7.15. The third kappa shape index (κ3) is 4.35. The van der Waals surface area contributed by atoms with Crippen LogP contribution in [0.5, 0.6) is 0 Å². The van der Waals surface area contributed by atoms with E-state index in [9.17, 15) is 13.2 Å². The first-order chi connectivity index (χ1) is 16.1. The minimum atomic E-state index is -4.13. The quantitative estimate of drug-likeness (QED) is 0.355. The van der Waals surface area contributed by atoms with E-state index >= 15 is 0 Å². The van der Waals surface area contributed by atoms with Gasteiger partial charge in [0.1, 0.15) is 17.0 Å². The summed E-state index contributed by atoms with van der Waals surface area (Å²) in [5, 5.41) is 5.72. The second-order valence-electron chi connectivity index (χ2n) is 7.64. The number of rotatable bonds is 6. The van der Waals surface area contributed by atoms with Crippen LogP contribution in [-0.2, 0) is 10.0 Å². The number of anilines is 1. The van der Waals surface area contributed by atoms with Crippen molar-refractivity contribution >= 4 is 55.6 Å². The van der Waals surface area contributed by atoms with Gasteiger partial charge in [0.05, 0.1) is 14.9 Å². The number of carbonyl (C=O) groups is 1. The average molecular weight is 519 g/mol. The Morgan fingerprint density at radius 2 is 1.59 bits per heavy atom. The monoisotopic (exact) mass is 518 g/mol. The topological polar surface area (TPSA) is 105 Å². The summed E-state index contributed by atoms with van der Waals surface area (Å²) in [6.07, 6.45) is 0. The highest BCUT2D eigenvalue weighted by Gasteiger charge is 2.26. The molecule has 1 aromatic heterocycles. The molecule has 1 amide bonds. The number of halogens is 2. The minimum absolute atomic E-state index is 0.00511. The summed E-state index contributed by atoms with van der Waals surface area (Å²) in [6, 6.07) is 15.2. The fourth-order valence-electron chi connectivity index (χ4n) is 3.65. The fraction of sp³-hybridized carbons (Fsp3) is 0.130. The maximum Gasteiger partial charge on any atom is 0.272 e. The van der Waals surface area contributed by atoms with Crippen LogP contribution in [0, 0.1) is 6.92 Å². The fourth-order valence-corrected chi connectivity index (χ4v) is 5.29. The van der Waals surface area contributed by atoms with E-state index in [2.05, 4.69) is 15.4 Å². The van der Waals surface area contributed by atoms with Gasteiger partial charge >= 0.3 is 0 Å². The van der Waals surface area contributed by atoms with Crippen LogP contribution in [0.2, 0.25) is 10.0 Å². The van der Waals surface area contributed by atoms with E-state index in [1.54, 1.807) is 36.4 Å². The van der Waals surface area contributed by atoms with Gasteiger partial charge in [0.25, 0.3) is 15.9 Å². The smallest absolute Gasteiger partial charge is 0.272 e. The summed E-state index contributed by atoms with van der Waals surface area (Å²) < 4.78 is 31.4. The highest BCUT2D eigenvalue weighted by molar-refractivity contribution is 7.89. The molecule has 2 N–H and O–H groups in total. The molecule has 4 aromatic rings. The molecule has 0 saturated heterocycles. The Balaban J connectivity index is 1.67. The lowest BCUT2D eigenvalue weighted by Gasteiger charge is -2.17. The van der Waals surface area contributed by atoms with Gasteiger partial charge < -0.3 is 9.42 Å². The Hall–Kier alpha value is -3.11. The third-order valence-electron chi connectivity index (χ3n) is 5.22. The number of nitrogens with zero attached hydrogens (tertiary/aromatic N) is 2. The van der Waals surface area contributed by atoms with Gasteiger partial charge in [-0.25, -0.2) is 8.42 Å². The molecular weight excluding hydrogens is 499 g/mol. The van der Waals surface area contributed by atoms with E-state index in [4.69, 9.17) is 27.7 Å². The molecule has 11 heteroatoms. The number of aromatic nitrogens is 1. The van der Waals surface area contributed by atoms with E-state index in [0.717, 1.165) is 11.1 Å². The number of amides is 1. The molecule has 1 heterocycles. The molecule has 0 radical (unpaired) electrons. The van der Waals surface area contributed by atoms with Crippen LogP contribution < -0.4 is 15.2 Å². The molecule has 8 nitrogen and oxygen atoms in total. The number of hydrogen-bond acceptors (Lipinski definition) is 6. The Morgan fingerprint density at radius 3 is 2.26 bits per heavy atom. The maximum absolute atomic E-state index is 13.1. The summed E-state index contributed by atoms with van der Waals surface area (Å²) >= 11 is 12.5. The van der Waals surface area contributed by atoms with E-state index < -0.39 is 15.9 Å². The number of aryl methyl sites for hydroxylation is 1. The molecule has 0 saturated carbocycles. The normalized spacial score (nSPS) is 11.6. The van der Waals surface area contributed by atoms with E-state index in [1.807, 2.05) is 31.1 Å². The number of nitrogens with one attached hydrogen (secondary N) is 2. The number of fused-ring (bicyclic) bond motifs is 1.